The number of hydrogen-bond acceptors (Lipinski definition) is 3. The van der Waals surface area contributed by atoms with Gasteiger partial charge in [-0.3, -0.25) is 4.90 Å². The summed E-state index contributed by atoms with van der Waals surface area (Å²) in [4.78, 5) is 2.48. The van der Waals surface area contributed by atoms with Gasteiger partial charge in [0.2, 0.25) is 0 Å². The highest BCUT2D eigenvalue weighted by Crippen LogP contribution is 2.27. The summed E-state index contributed by atoms with van der Waals surface area (Å²) in [5.41, 5.74) is 0. The number of nitrogens with zero attached hydrogens (tertiary/aromatic N) is 1. The van der Waals surface area contributed by atoms with Gasteiger partial charge in [0, 0.05) is 26.2 Å². The summed E-state index contributed by atoms with van der Waals surface area (Å²) < 4.78 is 5.32. The van der Waals surface area contributed by atoms with Crippen molar-refractivity contribution in [2.45, 2.75) is 43.9 Å². The van der Waals surface area contributed by atoms with E-state index in [9.17, 15) is 5.11 Å². The predicted molar refractivity (Wildman–Crippen MR) is 50.6 cm³/mol. The average Bonchev–Trinajstić information content (AvgIpc) is 2.71. The van der Waals surface area contributed by atoms with Crippen LogP contribution in [0.3, 0.4) is 0 Å². The molecule has 0 amide bonds. The number of ether oxygens (including phenoxy) is 1. The Morgan fingerprint density at radius 2 is 2.15 bits per heavy atom. The molecule has 3 atom stereocenters. The second kappa shape index (κ2) is 3.95. The maximum absolute atomic E-state index is 9.43. The molecule has 0 spiro atoms. The van der Waals surface area contributed by atoms with Gasteiger partial charge < -0.3 is 9.84 Å². The van der Waals surface area contributed by atoms with Gasteiger partial charge in [0.25, 0.3) is 0 Å². The molecule has 3 unspecified atom stereocenters. The Morgan fingerprint density at radius 3 is 2.69 bits per heavy atom. The highest BCUT2D eigenvalue weighted by molar-refractivity contribution is 4.87. The minimum Gasteiger partial charge on any atom is -0.393 e. The molecule has 1 aliphatic carbocycles. The molecule has 3 nitrogen and oxygen atoms in total. The maximum atomic E-state index is 9.43. The first-order valence-electron chi connectivity index (χ1n) is 5.24. The summed E-state index contributed by atoms with van der Waals surface area (Å²) in [6.07, 6.45) is 4.65. The second-order valence-corrected chi connectivity index (χ2v) is 4.26. The van der Waals surface area contributed by atoms with Crippen LogP contribution < -0.4 is 0 Å². The zero-order valence-electron chi connectivity index (χ0n) is 8.28. The summed E-state index contributed by atoms with van der Waals surface area (Å²) in [5.74, 6) is 0. The number of hydrogen-bond donors (Lipinski definition) is 1. The quantitative estimate of drug-likeness (QED) is 0.684. The Hall–Kier alpha value is -0.120. The molecule has 0 aromatic heterocycles. The summed E-state index contributed by atoms with van der Waals surface area (Å²) in [7, 11) is 1.79. The van der Waals surface area contributed by atoms with Crippen LogP contribution in [-0.4, -0.2) is 48.5 Å². The van der Waals surface area contributed by atoms with Crippen molar-refractivity contribution in [2.75, 3.05) is 20.2 Å². The molecular formula is C10H19NO2. The fourth-order valence-corrected chi connectivity index (χ4v) is 2.54. The minimum atomic E-state index is -0.0494. The molecule has 0 radical (unpaired) electrons. The number of aliphatic hydroxyl groups is 1. The van der Waals surface area contributed by atoms with Crippen LogP contribution in [0.1, 0.15) is 25.7 Å². The molecule has 2 aliphatic rings. The van der Waals surface area contributed by atoms with Crippen LogP contribution in [0.15, 0.2) is 0 Å². The topological polar surface area (TPSA) is 32.7 Å². The van der Waals surface area contributed by atoms with Crippen molar-refractivity contribution in [1.82, 2.24) is 4.90 Å². The van der Waals surface area contributed by atoms with Crippen molar-refractivity contribution in [1.29, 1.82) is 0 Å². The summed E-state index contributed by atoms with van der Waals surface area (Å²) >= 11 is 0. The van der Waals surface area contributed by atoms with E-state index in [1.807, 2.05) is 0 Å². The molecule has 13 heavy (non-hydrogen) atoms. The number of aliphatic hydroxyl groups excluding tert-OH is 1. The molecule has 1 heterocycles. The van der Waals surface area contributed by atoms with Gasteiger partial charge in [0.15, 0.2) is 0 Å². The number of likely N-dealkylation sites (tertiary alicyclic amines) is 1. The lowest BCUT2D eigenvalue weighted by atomic mass is 10.2. The van der Waals surface area contributed by atoms with E-state index in [4.69, 9.17) is 4.74 Å². The first-order valence-corrected chi connectivity index (χ1v) is 5.24. The van der Waals surface area contributed by atoms with Crippen LogP contribution in [0.25, 0.3) is 0 Å². The lowest BCUT2D eigenvalue weighted by Crippen LogP contribution is -2.32. The Labute approximate surface area is 79.7 Å². The first kappa shape index (κ1) is 9.44. The average molecular weight is 185 g/mol. The molecule has 0 bridgehead atoms. The van der Waals surface area contributed by atoms with Gasteiger partial charge >= 0.3 is 0 Å². The lowest BCUT2D eigenvalue weighted by Gasteiger charge is -2.23. The third-order valence-electron chi connectivity index (χ3n) is 3.40. The van der Waals surface area contributed by atoms with Crippen LogP contribution in [0.4, 0.5) is 0 Å². The molecule has 2 rings (SSSR count). The van der Waals surface area contributed by atoms with E-state index in [1.165, 1.54) is 0 Å². The van der Waals surface area contributed by atoms with E-state index in [0.29, 0.717) is 12.1 Å². The molecule has 2 fully saturated rings. The predicted octanol–water partition coefficient (Wildman–Crippen LogP) is 0.620. The standard InChI is InChI=1S/C10H19NO2/c1-13-10-4-5-11(7-10)8-2-3-9(12)6-8/h8-10,12H,2-7H2,1H3. The first-order chi connectivity index (χ1) is 6.29. The fraction of sp³-hybridized carbons (Fsp3) is 1.00. The molecular weight excluding hydrogens is 166 g/mol. The smallest absolute Gasteiger partial charge is 0.0710 e. The third kappa shape index (κ3) is 2.03. The highest BCUT2D eigenvalue weighted by atomic mass is 16.5. The van der Waals surface area contributed by atoms with E-state index in [2.05, 4.69) is 4.90 Å². The fourth-order valence-electron chi connectivity index (χ4n) is 2.54. The van der Waals surface area contributed by atoms with E-state index >= 15 is 0 Å². The van der Waals surface area contributed by atoms with Gasteiger partial charge in [0.05, 0.1) is 12.2 Å². The summed E-state index contributed by atoms with van der Waals surface area (Å²) in [5, 5.41) is 9.43. The van der Waals surface area contributed by atoms with Gasteiger partial charge in [0.1, 0.15) is 0 Å². The van der Waals surface area contributed by atoms with Gasteiger partial charge in [-0.2, -0.15) is 0 Å². The van der Waals surface area contributed by atoms with Crippen LogP contribution in [-0.2, 0) is 4.74 Å². The Bertz CT molecular complexity index is 174. The Kier molecular flexibility index (Phi) is 2.86. The van der Waals surface area contributed by atoms with Crippen molar-refractivity contribution in [2.24, 2.45) is 0 Å². The van der Waals surface area contributed by atoms with E-state index < -0.39 is 0 Å². The molecule has 1 saturated carbocycles. The summed E-state index contributed by atoms with van der Waals surface area (Å²) in [6.45, 7) is 2.21. The van der Waals surface area contributed by atoms with E-state index in [0.717, 1.165) is 38.8 Å². The molecule has 1 saturated heterocycles. The zero-order valence-corrected chi connectivity index (χ0v) is 8.28. The molecule has 0 aromatic carbocycles. The van der Waals surface area contributed by atoms with Crippen molar-refractivity contribution in [3.8, 4) is 0 Å². The van der Waals surface area contributed by atoms with Crippen molar-refractivity contribution in [3.63, 3.8) is 0 Å². The molecule has 1 aliphatic heterocycles. The van der Waals surface area contributed by atoms with Crippen LogP contribution in [0, 0.1) is 0 Å². The van der Waals surface area contributed by atoms with Gasteiger partial charge in [-0.15, -0.1) is 0 Å². The van der Waals surface area contributed by atoms with E-state index in [1.54, 1.807) is 7.11 Å². The van der Waals surface area contributed by atoms with Gasteiger partial charge in [-0.25, -0.2) is 0 Å². The number of rotatable bonds is 2. The van der Waals surface area contributed by atoms with Crippen LogP contribution in [0.2, 0.25) is 0 Å². The summed E-state index contributed by atoms with van der Waals surface area (Å²) in [6, 6.07) is 0.621. The van der Waals surface area contributed by atoms with E-state index in [-0.39, 0.29) is 6.10 Å². The zero-order chi connectivity index (χ0) is 9.26. The SMILES string of the molecule is COC1CCN(C2CCC(O)C2)C1. The van der Waals surface area contributed by atoms with Crippen LogP contribution in [0.5, 0.6) is 0 Å². The normalized spacial score (nSPS) is 41.5. The third-order valence-corrected chi connectivity index (χ3v) is 3.40. The monoisotopic (exact) mass is 185 g/mol. The molecule has 3 heteroatoms. The molecule has 1 N–H and O–H groups in total. The Balaban J connectivity index is 1.82. The Morgan fingerprint density at radius 1 is 1.31 bits per heavy atom. The van der Waals surface area contributed by atoms with Crippen molar-refractivity contribution >= 4 is 0 Å². The number of methoxy groups -OCH3 is 1. The largest absolute Gasteiger partial charge is 0.393 e. The highest BCUT2D eigenvalue weighted by Gasteiger charge is 2.32. The lowest BCUT2D eigenvalue weighted by molar-refractivity contribution is 0.0984. The van der Waals surface area contributed by atoms with Crippen LogP contribution >= 0.6 is 0 Å². The van der Waals surface area contributed by atoms with Crippen molar-refractivity contribution < 1.29 is 9.84 Å². The second-order valence-electron chi connectivity index (χ2n) is 4.26. The van der Waals surface area contributed by atoms with Gasteiger partial charge in [-0.1, -0.05) is 0 Å². The van der Waals surface area contributed by atoms with Crippen molar-refractivity contribution in [3.05, 3.63) is 0 Å². The molecule has 0 aromatic rings. The molecule has 76 valence electrons. The maximum Gasteiger partial charge on any atom is 0.0710 e. The van der Waals surface area contributed by atoms with Gasteiger partial charge in [-0.05, 0) is 25.7 Å². The minimum absolute atomic E-state index is 0.0494.